The molecular formula is C23H33NO2. The predicted octanol–water partition coefficient (Wildman–Crippen LogP) is 3.17. The summed E-state index contributed by atoms with van der Waals surface area (Å²) in [4.78, 5) is 11.0. The summed E-state index contributed by atoms with van der Waals surface area (Å²) in [5, 5.41) is 11.0. The van der Waals surface area contributed by atoms with Crippen LogP contribution in [0, 0.1) is 22.7 Å². The maximum Gasteiger partial charge on any atom is 0.187 e. The number of carboxylic acid groups (broad SMARTS) is 1. The van der Waals surface area contributed by atoms with Crippen LogP contribution in [-0.4, -0.2) is 5.97 Å². The third kappa shape index (κ3) is 2.53. The number of carbonyl (C=O) groups excluding carboxylic acids is 1. The zero-order valence-electron chi connectivity index (χ0n) is 16.8. The molecule has 0 bridgehead atoms. The fourth-order valence-electron chi connectivity index (χ4n) is 7.51. The van der Waals surface area contributed by atoms with Crippen LogP contribution in [0.2, 0.25) is 0 Å². The lowest BCUT2D eigenvalue weighted by Gasteiger charge is -2.64. The van der Waals surface area contributed by atoms with Crippen molar-refractivity contribution < 1.29 is 14.5 Å². The summed E-state index contributed by atoms with van der Waals surface area (Å²) < 4.78 is 1.77. The largest absolute Gasteiger partial charge is 0.544 e. The van der Waals surface area contributed by atoms with E-state index in [1.807, 2.05) is 6.20 Å². The number of hydrogen-bond acceptors (Lipinski definition) is 2. The van der Waals surface area contributed by atoms with Crippen LogP contribution in [0.1, 0.15) is 77.3 Å². The molecule has 4 rings (SSSR count). The Morgan fingerprint density at radius 3 is 2.65 bits per heavy atom. The molecule has 26 heavy (non-hydrogen) atoms. The number of carbonyl (C=O) groups is 1. The van der Waals surface area contributed by atoms with Crippen LogP contribution >= 0.6 is 0 Å². The summed E-state index contributed by atoms with van der Waals surface area (Å²) in [7, 11) is 0. The predicted molar refractivity (Wildman–Crippen MR) is 99.3 cm³/mol. The highest BCUT2D eigenvalue weighted by atomic mass is 16.4. The highest BCUT2D eigenvalue weighted by Gasteiger charge is 2.59. The molecule has 1 heterocycles. The van der Waals surface area contributed by atoms with Gasteiger partial charge in [0.2, 0.25) is 0 Å². The summed E-state index contributed by atoms with van der Waals surface area (Å²) in [6, 6.07) is 2.21. The van der Waals surface area contributed by atoms with E-state index in [9.17, 15) is 9.90 Å². The maximum atomic E-state index is 11.0. The molecule has 0 unspecified atom stereocenters. The van der Waals surface area contributed by atoms with Crippen molar-refractivity contribution in [1.82, 2.24) is 0 Å². The van der Waals surface area contributed by atoms with Gasteiger partial charge in [-0.05, 0) is 72.2 Å². The van der Waals surface area contributed by atoms with Gasteiger partial charge in [0, 0.05) is 11.6 Å². The number of hydrogen-bond donors (Lipinski definition) is 0. The van der Waals surface area contributed by atoms with Crippen molar-refractivity contribution in [3.63, 3.8) is 0 Å². The Hall–Kier alpha value is -1.38. The van der Waals surface area contributed by atoms with Crippen LogP contribution < -0.4 is 9.67 Å². The monoisotopic (exact) mass is 355 g/mol. The summed E-state index contributed by atoms with van der Waals surface area (Å²) in [5.74, 6) is 0.542. The van der Waals surface area contributed by atoms with Gasteiger partial charge in [0.05, 0.1) is 0 Å². The Bertz CT molecular complexity index is 740. The zero-order valence-corrected chi connectivity index (χ0v) is 16.8. The number of aromatic nitrogens is 1. The van der Waals surface area contributed by atoms with Crippen LogP contribution in [0.15, 0.2) is 18.5 Å². The first-order valence-corrected chi connectivity index (χ1v) is 10.4. The number of aryl methyl sites for hydroxylation is 1. The molecule has 4 atom stereocenters. The van der Waals surface area contributed by atoms with E-state index in [1.165, 1.54) is 49.7 Å². The average molecular weight is 356 g/mol. The highest BCUT2D eigenvalue weighted by molar-refractivity contribution is 5.62. The molecule has 0 radical (unpaired) electrons. The molecule has 2 fully saturated rings. The third-order valence-corrected chi connectivity index (χ3v) is 8.52. The van der Waals surface area contributed by atoms with E-state index in [4.69, 9.17) is 0 Å². The number of aliphatic carboxylic acids is 1. The smallest absolute Gasteiger partial charge is 0.187 e. The lowest BCUT2D eigenvalue weighted by atomic mass is 9.41. The van der Waals surface area contributed by atoms with Crippen molar-refractivity contribution in [3.05, 3.63) is 29.6 Å². The molecule has 0 aliphatic heterocycles. The number of carboxylic acids is 1. The first-order valence-electron chi connectivity index (χ1n) is 10.4. The second kappa shape index (κ2) is 5.81. The Kier molecular flexibility index (Phi) is 4.02. The maximum absolute atomic E-state index is 11.0. The number of fused-ring (bicyclic) bond motifs is 5. The lowest BCUT2D eigenvalue weighted by Crippen LogP contribution is -2.58. The van der Waals surface area contributed by atoms with Crippen molar-refractivity contribution in [2.45, 2.75) is 84.6 Å². The normalized spacial score (nSPS) is 38.0. The first-order chi connectivity index (χ1) is 12.2. The van der Waals surface area contributed by atoms with Crippen LogP contribution in [0.3, 0.4) is 0 Å². The fourth-order valence-corrected chi connectivity index (χ4v) is 7.51. The minimum atomic E-state index is -1.02. The molecule has 3 aliphatic carbocycles. The van der Waals surface area contributed by atoms with Gasteiger partial charge in [-0.3, -0.25) is 0 Å². The summed E-state index contributed by atoms with van der Waals surface area (Å²) in [6.07, 6.45) is 13.0. The molecule has 3 heteroatoms. The molecule has 2 saturated carbocycles. The van der Waals surface area contributed by atoms with Gasteiger partial charge >= 0.3 is 0 Å². The lowest BCUT2D eigenvalue weighted by molar-refractivity contribution is -0.691. The van der Waals surface area contributed by atoms with E-state index < -0.39 is 5.97 Å². The number of rotatable bonds is 2. The van der Waals surface area contributed by atoms with Gasteiger partial charge in [-0.15, -0.1) is 0 Å². The molecular weight excluding hydrogens is 322 g/mol. The van der Waals surface area contributed by atoms with Crippen LogP contribution in [0.25, 0.3) is 0 Å². The first kappa shape index (κ1) is 18.0. The standard InChI is InChI=1S/C23H33NO2/c1-21(2)10-5-11-23(4)18(21)8-12-22(3)17-9-13-24(15-20(25)26)14-16(17)6-7-19(22)23/h9,13-14,18-19H,5-8,10-12,15H2,1-4H3/t18-,19-,22-,23-/m0/s1. The third-order valence-electron chi connectivity index (χ3n) is 8.52. The van der Waals surface area contributed by atoms with Crippen LogP contribution in [-0.2, 0) is 23.2 Å². The topological polar surface area (TPSA) is 44.0 Å². The van der Waals surface area contributed by atoms with Gasteiger partial charge in [0.15, 0.2) is 18.9 Å². The van der Waals surface area contributed by atoms with Crippen molar-refractivity contribution in [3.8, 4) is 0 Å². The van der Waals surface area contributed by atoms with E-state index in [-0.39, 0.29) is 12.0 Å². The van der Waals surface area contributed by atoms with Gasteiger partial charge in [-0.2, -0.15) is 4.57 Å². The van der Waals surface area contributed by atoms with Gasteiger partial charge in [0.25, 0.3) is 0 Å². The molecule has 142 valence electrons. The Morgan fingerprint density at radius 1 is 1.15 bits per heavy atom. The Morgan fingerprint density at radius 2 is 1.92 bits per heavy atom. The summed E-state index contributed by atoms with van der Waals surface area (Å²) >= 11 is 0. The van der Waals surface area contributed by atoms with Crippen LogP contribution in [0.4, 0.5) is 0 Å². The molecule has 3 nitrogen and oxygen atoms in total. The molecule has 0 aromatic carbocycles. The van der Waals surface area contributed by atoms with Crippen molar-refractivity contribution in [1.29, 1.82) is 0 Å². The van der Waals surface area contributed by atoms with E-state index >= 15 is 0 Å². The summed E-state index contributed by atoms with van der Waals surface area (Å²) in [6.45, 7) is 10.0. The van der Waals surface area contributed by atoms with Crippen molar-refractivity contribution >= 4 is 5.97 Å². The zero-order chi connectivity index (χ0) is 18.7. The molecule has 0 saturated heterocycles. The SMILES string of the molecule is CC1(C)CCC[C@]2(C)[C@H]3CCc4c[n+](CC(=O)[O-])ccc4[C@]3(C)CC[C@@H]12. The number of nitrogens with zero attached hydrogens (tertiary/aromatic N) is 1. The van der Waals surface area contributed by atoms with Crippen molar-refractivity contribution in [2.24, 2.45) is 22.7 Å². The van der Waals surface area contributed by atoms with E-state index in [0.29, 0.717) is 10.8 Å². The average Bonchev–Trinajstić information content (AvgIpc) is 2.52. The van der Waals surface area contributed by atoms with Crippen molar-refractivity contribution in [2.75, 3.05) is 0 Å². The van der Waals surface area contributed by atoms with Gasteiger partial charge in [-0.25, -0.2) is 0 Å². The molecule has 0 N–H and O–H groups in total. The molecule has 0 amide bonds. The minimum Gasteiger partial charge on any atom is -0.544 e. The Labute approximate surface area is 157 Å². The van der Waals surface area contributed by atoms with E-state index in [2.05, 4.69) is 40.0 Å². The highest BCUT2D eigenvalue weighted by Crippen LogP contribution is 2.66. The second-order valence-electron chi connectivity index (χ2n) is 10.4. The van der Waals surface area contributed by atoms with Gasteiger partial charge in [0.1, 0.15) is 5.97 Å². The molecule has 0 spiro atoms. The quantitative estimate of drug-likeness (QED) is 0.765. The minimum absolute atomic E-state index is 0.0542. The van der Waals surface area contributed by atoms with E-state index in [1.54, 1.807) is 4.57 Å². The van der Waals surface area contributed by atoms with Gasteiger partial charge in [-0.1, -0.05) is 34.1 Å². The summed E-state index contributed by atoms with van der Waals surface area (Å²) in [5.41, 5.74) is 3.95. The van der Waals surface area contributed by atoms with E-state index in [0.717, 1.165) is 18.3 Å². The van der Waals surface area contributed by atoms with Crippen LogP contribution in [0.5, 0.6) is 0 Å². The number of pyridine rings is 1. The second-order valence-corrected chi connectivity index (χ2v) is 10.4. The molecule has 1 aromatic heterocycles. The molecule has 1 aromatic rings. The van der Waals surface area contributed by atoms with Gasteiger partial charge < -0.3 is 9.90 Å². The fraction of sp³-hybridized carbons (Fsp3) is 0.739. The Balaban J connectivity index is 1.73. The molecule has 3 aliphatic rings.